The summed E-state index contributed by atoms with van der Waals surface area (Å²) in [5.74, 6) is -0.121. The standard InChI is InChI=1S/C23H30BNO4/c1-6-28-20(26)23(13-14-23)17-9-7-16(8-10-17)19-12-11-18(15-25-19)24-29-22(4,5)21(2,3)27/h7-12,15,24,27H,6,13-14H2,1-5H3. The molecule has 0 atom stereocenters. The summed E-state index contributed by atoms with van der Waals surface area (Å²) in [6.45, 7) is 9.48. The van der Waals surface area contributed by atoms with E-state index in [1.807, 2.05) is 57.2 Å². The molecular formula is C23H30BNO4. The Morgan fingerprint density at radius 2 is 1.79 bits per heavy atom. The zero-order valence-electron chi connectivity index (χ0n) is 18.0. The molecule has 0 bridgehead atoms. The summed E-state index contributed by atoms with van der Waals surface area (Å²) in [4.78, 5) is 16.8. The third-order valence-electron chi connectivity index (χ3n) is 6.05. The number of carbonyl (C=O) groups excluding carboxylic acids is 1. The molecule has 0 amide bonds. The van der Waals surface area contributed by atoms with Crippen molar-refractivity contribution < 1.29 is 19.3 Å². The first-order valence-electron chi connectivity index (χ1n) is 10.2. The van der Waals surface area contributed by atoms with Crippen LogP contribution >= 0.6 is 0 Å². The van der Waals surface area contributed by atoms with E-state index >= 15 is 0 Å². The quantitative estimate of drug-likeness (QED) is 0.550. The van der Waals surface area contributed by atoms with Crippen molar-refractivity contribution in [1.29, 1.82) is 0 Å². The van der Waals surface area contributed by atoms with Gasteiger partial charge >= 0.3 is 13.5 Å². The van der Waals surface area contributed by atoms with Crippen LogP contribution in [-0.4, -0.2) is 41.4 Å². The zero-order valence-corrected chi connectivity index (χ0v) is 18.0. The Morgan fingerprint density at radius 3 is 2.28 bits per heavy atom. The predicted molar refractivity (Wildman–Crippen MR) is 115 cm³/mol. The fourth-order valence-corrected chi connectivity index (χ4v) is 3.09. The second-order valence-corrected chi connectivity index (χ2v) is 8.79. The Labute approximate surface area is 173 Å². The highest BCUT2D eigenvalue weighted by Crippen LogP contribution is 2.49. The summed E-state index contributed by atoms with van der Waals surface area (Å²) >= 11 is 0. The van der Waals surface area contributed by atoms with E-state index in [0.29, 0.717) is 14.1 Å². The molecule has 3 rings (SSSR count). The molecule has 1 aromatic carbocycles. The fourth-order valence-electron chi connectivity index (χ4n) is 3.09. The van der Waals surface area contributed by atoms with Crippen LogP contribution in [0.15, 0.2) is 42.6 Å². The number of rotatable bonds is 8. The minimum Gasteiger partial charge on any atom is -0.465 e. The average molecular weight is 395 g/mol. The number of carbonyl (C=O) groups is 1. The number of hydrogen-bond acceptors (Lipinski definition) is 5. The molecule has 1 heterocycles. The molecule has 0 spiro atoms. The minimum atomic E-state index is -0.940. The van der Waals surface area contributed by atoms with Crippen molar-refractivity contribution in [2.45, 2.75) is 64.1 Å². The summed E-state index contributed by atoms with van der Waals surface area (Å²) in [5.41, 5.74) is 1.77. The lowest BCUT2D eigenvalue weighted by molar-refractivity contribution is -0.146. The zero-order chi connectivity index (χ0) is 21.3. The third-order valence-corrected chi connectivity index (χ3v) is 6.05. The van der Waals surface area contributed by atoms with E-state index in [0.717, 1.165) is 35.1 Å². The molecule has 0 unspecified atom stereocenters. The van der Waals surface area contributed by atoms with Crippen molar-refractivity contribution in [3.63, 3.8) is 0 Å². The topological polar surface area (TPSA) is 68.7 Å². The maximum Gasteiger partial charge on any atom is 0.316 e. The number of aromatic nitrogens is 1. The van der Waals surface area contributed by atoms with E-state index in [1.165, 1.54) is 0 Å². The normalized spacial score (nSPS) is 15.7. The van der Waals surface area contributed by atoms with Crippen molar-refractivity contribution in [3.8, 4) is 11.3 Å². The Balaban J connectivity index is 1.67. The lowest BCUT2D eigenvalue weighted by Crippen LogP contribution is -2.49. The Kier molecular flexibility index (Phi) is 5.88. The van der Waals surface area contributed by atoms with Gasteiger partial charge in [-0.05, 0) is 64.6 Å². The number of hydrogen-bond donors (Lipinski definition) is 1. The summed E-state index contributed by atoms with van der Waals surface area (Å²) in [7, 11) is 0.380. The van der Waals surface area contributed by atoms with Crippen LogP contribution in [-0.2, 0) is 19.6 Å². The number of aliphatic hydroxyl groups is 1. The SMILES string of the molecule is CCOC(=O)C1(c2ccc(-c3ccc(BOC(C)(C)C(C)(C)O)cn3)cc2)CC1. The van der Waals surface area contributed by atoms with Crippen LogP contribution in [0.25, 0.3) is 11.3 Å². The van der Waals surface area contributed by atoms with Crippen LogP contribution in [0.5, 0.6) is 0 Å². The van der Waals surface area contributed by atoms with Crippen LogP contribution in [0.2, 0.25) is 0 Å². The van der Waals surface area contributed by atoms with Gasteiger partial charge in [0.2, 0.25) is 0 Å². The van der Waals surface area contributed by atoms with Crippen LogP contribution in [0.1, 0.15) is 53.0 Å². The number of esters is 1. The number of pyridine rings is 1. The molecule has 1 fully saturated rings. The maximum absolute atomic E-state index is 12.3. The molecule has 29 heavy (non-hydrogen) atoms. The van der Waals surface area contributed by atoms with Crippen molar-refractivity contribution in [3.05, 3.63) is 48.2 Å². The van der Waals surface area contributed by atoms with Crippen molar-refractivity contribution in [1.82, 2.24) is 4.98 Å². The largest absolute Gasteiger partial charge is 0.465 e. The molecule has 154 valence electrons. The summed E-state index contributed by atoms with van der Waals surface area (Å²) in [5, 5.41) is 10.2. The highest BCUT2D eigenvalue weighted by molar-refractivity contribution is 6.46. The van der Waals surface area contributed by atoms with E-state index < -0.39 is 16.6 Å². The smallest absolute Gasteiger partial charge is 0.316 e. The predicted octanol–water partition coefficient (Wildman–Crippen LogP) is 2.89. The number of benzene rings is 1. The van der Waals surface area contributed by atoms with Gasteiger partial charge in [0.1, 0.15) is 0 Å². The van der Waals surface area contributed by atoms with Crippen molar-refractivity contribution >= 4 is 18.9 Å². The van der Waals surface area contributed by atoms with Gasteiger partial charge in [-0.3, -0.25) is 9.78 Å². The van der Waals surface area contributed by atoms with Crippen molar-refractivity contribution in [2.24, 2.45) is 0 Å². The summed E-state index contributed by atoms with van der Waals surface area (Å²) < 4.78 is 11.1. The Hall–Kier alpha value is -2.18. The van der Waals surface area contributed by atoms with Gasteiger partial charge in [0, 0.05) is 11.8 Å². The average Bonchev–Trinajstić information content (AvgIpc) is 3.48. The van der Waals surface area contributed by atoms with Gasteiger partial charge < -0.3 is 14.5 Å². The molecule has 0 radical (unpaired) electrons. The summed E-state index contributed by atoms with van der Waals surface area (Å²) in [6.07, 6.45) is 3.49. The highest BCUT2D eigenvalue weighted by atomic mass is 16.5. The molecule has 1 saturated carbocycles. The molecule has 1 N–H and O–H groups in total. The molecule has 0 saturated heterocycles. The van der Waals surface area contributed by atoms with Crippen LogP contribution < -0.4 is 5.46 Å². The van der Waals surface area contributed by atoms with Crippen molar-refractivity contribution in [2.75, 3.05) is 6.61 Å². The van der Waals surface area contributed by atoms with Crippen LogP contribution in [0.3, 0.4) is 0 Å². The maximum atomic E-state index is 12.3. The molecule has 6 heteroatoms. The first-order valence-corrected chi connectivity index (χ1v) is 10.2. The molecule has 1 aliphatic carbocycles. The van der Waals surface area contributed by atoms with E-state index in [1.54, 1.807) is 20.0 Å². The molecule has 1 aromatic heterocycles. The first-order chi connectivity index (χ1) is 13.6. The molecular weight excluding hydrogens is 365 g/mol. The van der Waals surface area contributed by atoms with Crippen LogP contribution in [0, 0.1) is 0 Å². The van der Waals surface area contributed by atoms with E-state index in [2.05, 4.69) is 4.98 Å². The second kappa shape index (κ2) is 7.92. The monoisotopic (exact) mass is 395 g/mol. The molecule has 0 aliphatic heterocycles. The number of ether oxygens (including phenoxy) is 1. The Bertz CT molecular complexity index is 850. The van der Waals surface area contributed by atoms with E-state index in [-0.39, 0.29) is 5.97 Å². The van der Waals surface area contributed by atoms with Crippen LogP contribution in [0.4, 0.5) is 0 Å². The van der Waals surface area contributed by atoms with E-state index in [9.17, 15) is 9.90 Å². The van der Waals surface area contributed by atoms with E-state index in [4.69, 9.17) is 9.39 Å². The van der Waals surface area contributed by atoms with Gasteiger partial charge in [0.25, 0.3) is 0 Å². The molecule has 2 aromatic rings. The van der Waals surface area contributed by atoms with Gasteiger partial charge in [0.15, 0.2) is 0 Å². The van der Waals surface area contributed by atoms with Gasteiger partial charge in [-0.2, -0.15) is 0 Å². The minimum absolute atomic E-state index is 0.121. The van der Waals surface area contributed by atoms with Gasteiger partial charge in [-0.1, -0.05) is 30.3 Å². The van der Waals surface area contributed by atoms with Gasteiger partial charge in [-0.25, -0.2) is 0 Å². The third kappa shape index (κ3) is 4.54. The van der Waals surface area contributed by atoms with Gasteiger partial charge in [0.05, 0.1) is 28.9 Å². The Morgan fingerprint density at radius 1 is 1.14 bits per heavy atom. The fraction of sp³-hybridized carbons (Fsp3) is 0.478. The molecule has 5 nitrogen and oxygen atoms in total. The molecule has 1 aliphatic rings. The lowest BCUT2D eigenvalue weighted by Gasteiger charge is -2.37. The highest BCUT2D eigenvalue weighted by Gasteiger charge is 2.52. The first kappa shape index (κ1) is 21.5. The van der Waals surface area contributed by atoms with Gasteiger partial charge in [-0.15, -0.1) is 0 Å². The number of nitrogens with zero attached hydrogens (tertiary/aromatic N) is 1. The lowest BCUT2D eigenvalue weighted by atomic mass is 9.83. The second-order valence-electron chi connectivity index (χ2n) is 8.79. The summed E-state index contributed by atoms with van der Waals surface area (Å²) in [6, 6.07) is 12.0.